The number of aliphatic hydroxyl groups is 4. The van der Waals surface area contributed by atoms with Crippen LogP contribution in [0.5, 0.6) is 5.75 Å². The van der Waals surface area contributed by atoms with E-state index in [2.05, 4.69) is 4.90 Å². The summed E-state index contributed by atoms with van der Waals surface area (Å²) in [7, 11) is 0. The van der Waals surface area contributed by atoms with E-state index in [1.807, 2.05) is 19.9 Å². The molecular formula is C30H45NO8. The minimum Gasteiger partial charge on any atom is -0.462 e. The van der Waals surface area contributed by atoms with Crippen molar-refractivity contribution < 1.29 is 39.4 Å². The van der Waals surface area contributed by atoms with E-state index in [1.165, 1.54) is 6.42 Å². The molecule has 1 aromatic carbocycles. The van der Waals surface area contributed by atoms with Gasteiger partial charge in [0.2, 0.25) is 6.29 Å². The van der Waals surface area contributed by atoms with Crippen molar-refractivity contribution in [3.8, 4) is 5.75 Å². The zero-order valence-corrected chi connectivity index (χ0v) is 23.6. The third kappa shape index (κ3) is 7.60. The standard InChI is InChI=1S/C30H45NO8/c1-18(2)7-8-19-14-22(28(35)37-16-21-10-13-31-12-5-6-23(21)31)15-20(9-11-30(3,4)36)27(19)39-29-26(34)25(33)24(32)17-38-29/h7,14-15,21,23-26,29,32-34,36H,5-6,8-13,16-17H2,1-4H3/t21-,23?,24+,25+,26-,29+/m1/s1. The first-order valence-electron chi connectivity index (χ1n) is 14.2. The molecule has 0 aliphatic carbocycles. The third-order valence-corrected chi connectivity index (χ3v) is 8.08. The summed E-state index contributed by atoms with van der Waals surface area (Å²) in [6.45, 7) is 9.79. The normalized spacial score (nSPS) is 29.2. The topological polar surface area (TPSA) is 129 Å². The van der Waals surface area contributed by atoms with E-state index in [-0.39, 0.29) is 6.61 Å². The van der Waals surface area contributed by atoms with Gasteiger partial charge in [0.25, 0.3) is 0 Å². The number of carbonyl (C=O) groups excluding carboxylic acids is 1. The summed E-state index contributed by atoms with van der Waals surface area (Å²) in [5, 5.41) is 41.0. The van der Waals surface area contributed by atoms with Crippen molar-refractivity contribution in [3.05, 3.63) is 40.5 Å². The second kappa shape index (κ2) is 12.7. The van der Waals surface area contributed by atoms with Crippen molar-refractivity contribution in [1.29, 1.82) is 0 Å². The zero-order valence-electron chi connectivity index (χ0n) is 23.6. The molecule has 0 aromatic heterocycles. The first-order chi connectivity index (χ1) is 18.4. The van der Waals surface area contributed by atoms with Crippen LogP contribution in [0, 0.1) is 5.92 Å². The molecule has 4 N–H and O–H groups in total. The lowest BCUT2D eigenvalue weighted by atomic mass is 9.93. The average molecular weight is 548 g/mol. The molecule has 0 amide bonds. The van der Waals surface area contributed by atoms with Crippen molar-refractivity contribution >= 4 is 5.97 Å². The van der Waals surface area contributed by atoms with Crippen LogP contribution in [0.1, 0.15) is 74.9 Å². The number of nitrogens with zero attached hydrogens (tertiary/aromatic N) is 1. The largest absolute Gasteiger partial charge is 0.462 e. The summed E-state index contributed by atoms with van der Waals surface area (Å²) in [5.74, 6) is 0.386. The summed E-state index contributed by atoms with van der Waals surface area (Å²) in [5.41, 5.74) is 1.91. The van der Waals surface area contributed by atoms with Gasteiger partial charge in [0.05, 0.1) is 24.4 Å². The van der Waals surface area contributed by atoms with E-state index in [0.717, 1.165) is 31.5 Å². The Labute approximate surface area is 231 Å². The van der Waals surface area contributed by atoms with Gasteiger partial charge >= 0.3 is 5.97 Å². The molecule has 6 atom stereocenters. The quantitative estimate of drug-likeness (QED) is 0.258. The number of ether oxygens (including phenoxy) is 3. The van der Waals surface area contributed by atoms with Crippen LogP contribution in [0.3, 0.4) is 0 Å². The van der Waals surface area contributed by atoms with Gasteiger partial charge in [-0.25, -0.2) is 4.79 Å². The summed E-state index contributed by atoms with van der Waals surface area (Å²) >= 11 is 0. The van der Waals surface area contributed by atoms with E-state index in [9.17, 15) is 25.2 Å². The average Bonchev–Trinajstić information content (AvgIpc) is 3.49. The van der Waals surface area contributed by atoms with Crippen molar-refractivity contribution in [3.63, 3.8) is 0 Å². The Morgan fingerprint density at radius 1 is 1.13 bits per heavy atom. The molecule has 3 aliphatic heterocycles. The van der Waals surface area contributed by atoms with Gasteiger partial charge in [0, 0.05) is 12.0 Å². The fraction of sp³-hybridized carbons (Fsp3) is 0.700. The van der Waals surface area contributed by atoms with E-state index in [0.29, 0.717) is 60.3 Å². The highest BCUT2D eigenvalue weighted by Crippen LogP contribution is 2.35. The number of benzene rings is 1. The minimum atomic E-state index is -1.46. The van der Waals surface area contributed by atoms with Crippen molar-refractivity contribution in [2.45, 2.75) is 102 Å². The van der Waals surface area contributed by atoms with Crippen LogP contribution in [0.2, 0.25) is 0 Å². The van der Waals surface area contributed by atoms with E-state index in [1.54, 1.807) is 26.0 Å². The smallest absolute Gasteiger partial charge is 0.338 e. The second-order valence-electron chi connectivity index (χ2n) is 12.2. The number of aryl methyl sites for hydroxylation is 1. The molecule has 3 saturated heterocycles. The number of carbonyl (C=O) groups is 1. The van der Waals surface area contributed by atoms with Gasteiger partial charge in [-0.2, -0.15) is 0 Å². The van der Waals surface area contributed by atoms with Crippen LogP contribution in [-0.2, 0) is 22.3 Å². The van der Waals surface area contributed by atoms with E-state index < -0.39 is 36.2 Å². The molecule has 0 saturated carbocycles. The molecule has 0 radical (unpaired) electrons. The van der Waals surface area contributed by atoms with Gasteiger partial charge in [-0.15, -0.1) is 0 Å². The molecule has 9 heteroatoms. The van der Waals surface area contributed by atoms with Crippen molar-refractivity contribution in [1.82, 2.24) is 4.90 Å². The zero-order chi connectivity index (χ0) is 28.3. The lowest BCUT2D eigenvalue weighted by Crippen LogP contribution is -2.54. The summed E-state index contributed by atoms with van der Waals surface area (Å²) in [4.78, 5) is 15.8. The number of hydrogen-bond donors (Lipinski definition) is 4. The predicted octanol–water partition coefficient (Wildman–Crippen LogP) is 2.36. The molecule has 0 spiro atoms. The SMILES string of the molecule is CC(C)=CCc1cc(C(=O)OC[C@H]2CCN3CCCC23)cc(CCC(C)(C)O)c1O[C@@H]1OC[C@H](O)[C@H](O)[C@H]1O. The Balaban J connectivity index is 1.61. The lowest BCUT2D eigenvalue weighted by molar-refractivity contribution is -0.242. The summed E-state index contributed by atoms with van der Waals surface area (Å²) < 4.78 is 17.5. The molecule has 1 aromatic rings. The fourth-order valence-corrected chi connectivity index (χ4v) is 5.76. The van der Waals surface area contributed by atoms with Crippen LogP contribution in [0.25, 0.3) is 0 Å². The molecule has 3 heterocycles. The first kappa shape index (κ1) is 30.0. The Morgan fingerprint density at radius 2 is 1.87 bits per heavy atom. The van der Waals surface area contributed by atoms with Crippen LogP contribution >= 0.6 is 0 Å². The number of allylic oxidation sites excluding steroid dienone is 2. The Bertz CT molecular complexity index is 1030. The third-order valence-electron chi connectivity index (χ3n) is 8.08. The number of rotatable bonds is 10. The van der Waals surface area contributed by atoms with Gasteiger partial charge in [0.1, 0.15) is 24.1 Å². The highest BCUT2D eigenvalue weighted by Gasteiger charge is 2.40. The molecule has 9 nitrogen and oxygen atoms in total. The number of aliphatic hydroxyl groups excluding tert-OH is 3. The monoisotopic (exact) mass is 547 g/mol. The van der Waals surface area contributed by atoms with E-state index in [4.69, 9.17) is 14.2 Å². The summed E-state index contributed by atoms with van der Waals surface area (Å²) in [6.07, 6.45) is 1.38. The number of fused-ring (bicyclic) bond motifs is 1. The minimum absolute atomic E-state index is 0.185. The van der Waals surface area contributed by atoms with Gasteiger partial charge in [0.15, 0.2) is 0 Å². The van der Waals surface area contributed by atoms with E-state index >= 15 is 0 Å². The lowest BCUT2D eigenvalue weighted by Gasteiger charge is -2.36. The Morgan fingerprint density at radius 3 is 2.59 bits per heavy atom. The Hall–Kier alpha value is -2.01. The molecule has 1 unspecified atom stereocenters. The fourth-order valence-electron chi connectivity index (χ4n) is 5.76. The van der Waals surface area contributed by atoms with Crippen molar-refractivity contribution in [2.75, 3.05) is 26.3 Å². The van der Waals surface area contributed by atoms with Crippen LogP contribution < -0.4 is 4.74 Å². The van der Waals surface area contributed by atoms with Gasteiger partial charge in [-0.05, 0) is 103 Å². The molecule has 0 bridgehead atoms. The van der Waals surface area contributed by atoms with Crippen molar-refractivity contribution in [2.24, 2.45) is 5.92 Å². The highest BCUT2D eigenvalue weighted by molar-refractivity contribution is 5.90. The van der Waals surface area contributed by atoms with Crippen LogP contribution in [-0.4, -0.2) is 93.8 Å². The first-order valence-corrected chi connectivity index (χ1v) is 14.2. The second-order valence-corrected chi connectivity index (χ2v) is 12.2. The van der Waals surface area contributed by atoms with Crippen LogP contribution in [0.4, 0.5) is 0 Å². The number of esters is 1. The molecule has 218 valence electrons. The predicted molar refractivity (Wildman–Crippen MR) is 146 cm³/mol. The molecule has 3 aliphatic rings. The van der Waals surface area contributed by atoms with Gasteiger partial charge in [-0.1, -0.05) is 11.6 Å². The maximum absolute atomic E-state index is 13.3. The van der Waals surface area contributed by atoms with Gasteiger partial charge in [-0.3, -0.25) is 4.90 Å². The van der Waals surface area contributed by atoms with Gasteiger partial charge < -0.3 is 34.6 Å². The molecule has 4 rings (SSSR count). The molecule has 3 fully saturated rings. The summed E-state index contributed by atoms with van der Waals surface area (Å²) in [6, 6.07) is 3.98. The Kier molecular flexibility index (Phi) is 9.73. The van der Waals surface area contributed by atoms with Crippen LogP contribution in [0.15, 0.2) is 23.8 Å². The molecule has 39 heavy (non-hydrogen) atoms. The number of hydrogen-bond acceptors (Lipinski definition) is 9. The molecular weight excluding hydrogens is 502 g/mol. The maximum atomic E-state index is 13.3. The highest BCUT2D eigenvalue weighted by atomic mass is 16.7. The maximum Gasteiger partial charge on any atom is 0.338 e.